The van der Waals surface area contributed by atoms with Crippen LogP contribution in [0.2, 0.25) is 0 Å². The average molecular weight is 1330 g/mol. The van der Waals surface area contributed by atoms with Crippen LogP contribution in [0.4, 0.5) is 11.4 Å². The number of aliphatic hydroxyl groups is 1. The number of rotatable bonds is 19. The molecule has 1 saturated heterocycles. The van der Waals surface area contributed by atoms with Gasteiger partial charge in [-0.1, -0.05) is 167 Å². The number of carboxylic acids is 1. The molecule has 6 aliphatic rings. The highest BCUT2D eigenvalue weighted by Gasteiger charge is 2.73. The molecule has 2 bridgehead atoms. The summed E-state index contributed by atoms with van der Waals surface area (Å²) in [6.45, 7) is 16.8. The third-order valence-electron chi connectivity index (χ3n) is 19.7. The fourth-order valence-electron chi connectivity index (χ4n) is 14.6. The lowest BCUT2D eigenvalue weighted by molar-refractivity contribution is -0.188. The number of carbonyl (C=O) groups excluding carboxylic acids is 2. The number of piperidine rings is 1. The number of hydrogen-bond acceptors (Lipinski definition) is 13. The number of hydrogen-bond donors (Lipinski definition) is 5. The van der Waals surface area contributed by atoms with Crippen molar-refractivity contribution in [2.45, 2.75) is 149 Å². The zero-order chi connectivity index (χ0) is 68.3. The van der Waals surface area contributed by atoms with E-state index in [-0.39, 0.29) is 28.6 Å². The number of ketones is 1. The number of aliphatic carboxylic acids is 1. The number of amides is 1. The number of phenols is 2. The van der Waals surface area contributed by atoms with E-state index in [1.165, 1.54) is 45.1 Å². The Morgan fingerprint density at radius 1 is 0.747 bits per heavy atom. The number of fused-ring (bicyclic) bond motifs is 2. The Morgan fingerprint density at radius 3 is 1.87 bits per heavy atom. The van der Waals surface area contributed by atoms with Gasteiger partial charge < -0.3 is 45.6 Å². The van der Waals surface area contributed by atoms with Crippen molar-refractivity contribution in [2.75, 3.05) is 65.0 Å². The van der Waals surface area contributed by atoms with Gasteiger partial charge in [0.2, 0.25) is 5.91 Å². The van der Waals surface area contributed by atoms with Crippen molar-refractivity contribution in [2.24, 2.45) is 23.5 Å². The molecule has 0 radical (unpaired) electrons. The van der Waals surface area contributed by atoms with Gasteiger partial charge >= 0.3 is 5.97 Å². The molecule has 13 rings (SSSR count). The smallest absolute Gasteiger partial charge is 0.310 e. The van der Waals surface area contributed by atoms with Crippen molar-refractivity contribution in [1.29, 1.82) is 0 Å². The van der Waals surface area contributed by atoms with Gasteiger partial charge in [-0.05, 0) is 193 Å². The van der Waals surface area contributed by atoms with E-state index in [1.807, 2.05) is 115 Å². The zero-order valence-corrected chi connectivity index (χ0v) is 58.7. The highest BCUT2D eigenvalue weighted by atomic mass is 32.2. The molecule has 16 heteroatoms. The minimum absolute atomic E-state index is 0.0454. The van der Waals surface area contributed by atoms with Gasteiger partial charge in [-0.3, -0.25) is 23.5 Å². The normalized spacial score (nSPS) is 21.0. The number of Topliss-reactive ketones (excluding diaryl/α,β-unsaturated/α-hetero) is 1. The SMILES string of the molecule is CC(C)Cc1ccc(C(C)C(=O)O)cc1.CC(CN1c2ccccc2Sc2ccccc21)N(C)C.CC[C@@H](c1cccc(O)c1)[C@@H](C)CN(C)C.NC(=O)CS(=O)C(c1ccccc1)c1ccccc1.O=C1CC[C@@]2(O)[C@H]3Cc4ccc(O)c5c4[C@@]2(CCN3CC2CC2)[C@H]1O5. The molecule has 506 valence electrons. The number of anilines is 2. The third-order valence-corrected chi connectivity index (χ3v) is 22.5. The van der Waals surface area contributed by atoms with Crippen LogP contribution in [0.5, 0.6) is 17.2 Å². The summed E-state index contributed by atoms with van der Waals surface area (Å²) in [5, 5.41) is 40.3. The van der Waals surface area contributed by atoms with Crippen LogP contribution < -0.4 is 15.4 Å². The van der Waals surface area contributed by atoms with E-state index in [2.05, 4.69) is 137 Å². The van der Waals surface area contributed by atoms with E-state index in [0.29, 0.717) is 48.1 Å². The van der Waals surface area contributed by atoms with E-state index < -0.39 is 45.7 Å². The molecule has 7 aromatic rings. The van der Waals surface area contributed by atoms with Crippen molar-refractivity contribution in [3.8, 4) is 17.2 Å². The molecule has 3 aliphatic carbocycles. The molecule has 0 aromatic heterocycles. The predicted molar refractivity (Wildman–Crippen MR) is 384 cm³/mol. The number of likely N-dealkylation sites (N-methyl/N-ethyl adjacent to an activating group) is 1. The standard InChI is InChI=1S/C20H23NO4.C17H20N2S.C15H15NO2S.C14H23NO.C13H18O2/c22-13-4-3-12-9-15-20(24)6-5-14(23)18-19(20,16(12)17(13)25-18)7-8-21(15)10-11-1-2-11;1-13(18(2)3)12-19-14-8-4-6-10-16(14)20-17-11-7-5-9-15(17)19;16-14(17)11-19(18)15(12-7-3-1-4-8-12)13-9-5-2-6-10-13;1-5-14(11(2)10-15(3)4)12-7-6-8-13(16)9-12;1-9(2)8-11-4-6-12(7-5-11)10(3)13(14)15/h3-4,11,15,18,22,24H,1-2,5-10H2;4-11,13H,12H2,1-3H3;1-10,15H,11H2,(H2,16,17);6-9,11,14,16H,5,10H2,1-4H3;4-7,9-10H,8H2,1-3H3,(H,14,15)/t15-,18+,19+,20-;;;11-,14+;/m1..0./s1. The molecule has 3 heterocycles. The van der Waals surface area contributed by atoms with Gasteiger partial charge in [0, 0.05) is 64.3 Å². The summed E-state index contributed by atoms with van der Waals surface area (Å²) in [5.41, 5.74) is 13.5. The molecule has 1 amide bonds. The quantitative estimate of drug-likeness (QED) is 0.0513. The number of ether oxygens (including phenoxy) is 1. The Morgan fingerprint density at radius 2 is 1.34 bits per heavy atom. The molecule has 3 aliphatic heterocycles. The molecule has 3 unspecified atom stereocenters. The van der Waals surface area contributed by atoms with Crippen molar-refractivity contribution in [1.82, 2.24) is 14.7 Å². The Balaban J connectivity index is 0.000000142. The number of nitrogens with two attached hydrogens (primary N) is 1. The van der Waals surface area contributed by atoms with E-state index >= 15 is 0 Å². The molecule has 1 spiro atoms. The molecular weight excluding hydrogens is 1230 g/mol. The Kier molecular flexibility index (Phi) is 24.4. The number of carbonyl (C=O) groups is 3. The average Bonchev–Trinajstić information content (AvgIpc) is 1.53. The topological polar surface area (TPSA) is 197 Å². The number of carboxylic acid groups (broad SMARTS) is 1. The number of benzene rings is 7. The summed E-state index contributed by atoms with van der Waals surface area (Å²) in [5.74, 6) is 1.64. The van der Waals surface area contributed by atoms with Gasteiger partial charge in [0.25, 0.3) is 0 Å². The lowest BCUT2D eigenvalue weighted by Gasteiger charge is -2.62. The number of aromatic hydroxyl groups is 2. The lowest BCUT2D eigenvalue weighted by atomic mass is 9.49. The Hall–Kier alpha value is -7.31. The van der Waals surface area contributed by atoms with Crippen LogP contribution in [-0.4, -0.2) is 141 Å². The van der Waals surface area contributed by atoms with Gasteiger partial charge in [0.05, 0.1) is 33.6 Å². The van der Waals surface area contributed by atoms with Gasteiger partial charge in [-0.2, -0.15) is 0 Å². The minimum Gasteiger partial charge on any atom is -0.508 e. The maximum atomic E-state index is 12.7. The van der Waals surface area contributed by atoms with Gasteiger partial charge in [0.15, 0.2) is 23.4 Å². The summed E-state index contributed by atoms with van der Waals surface area (Å²) < 4.78 is 18.4. The molecular formula is C79H99N5O9S2. The summed E-state index contributed by atoms with van der Waals surface area (Å²) in [7, 11) is 7.12. The van der Waals surface area contributed by atoms with Gasteiger partial charge in [-0.25, -0.2) is 0 Å². The first kappa shape index (κ1) is 72.0. The summed E-state index contributed by atoms with van der Waals surface area (Å²) in [4.78, 5) is 46.6. The largest absolute Gasteiger partial charge is 0.508 e. The number of para-hydroxylation sites is 2. The first-order valence-corrected chi connectivity index (χ1v) is 36.0. The van der Waals surface area contributed by atoms with Gasteiger partial charge in [-0.15, -0.1) is 0 Å². The fourth-order valence-corrected chi connectivity index (χ4v) is 17.1. The van der Waals surface area contributed by atoms with Crippen LogP contribution in [-0.2, 0) is 43.4 Å². The highest BCUT2D eigenvalue weighted by molar-refractivity contribution is 7.99. The maximum absolute atomic E-state index is 12.7. The van der Waals surface area contributed by atoms with Crippen molar-refractivity contribution >= 4 is 51.6 Å². The van der Waals surface area contributed by atoms with Crippen molar-refractivity contribution < 1.29 is 43.8 Å². The molecule has 2 saturated carbocycles. The van der Waals surface area contributed by atoms with Gasteiger partial charge in [0.1, 0.15) is 11.5 Å². The van der Waals surface area contributed by atoms with Crippen LogP contribution in [0.3, 0.4) is 0 Å². The fraction of sp³-hybridized carbons (Fsp3) is 0.430. The zero-order valence-electron chi connectivity index (χ0n) is 57.1. The molecule has 3 fully saturated rings. The second-order valence-corrected chi connectivity index (χ2v) is 30.2. The lowest BCUT2D eigenvalue weighted by Crippen LogP contribution is -2.76. The van der Waals surface area contributed by atoms with Crippen LogP contribution in [0.1, 0.15) is 136 Å². The van der Waals surface area contributed by atoms with E-state index in [1.54, 1.807) is 19.1 Å². The first-order chi connectivity index (χ1) is 45.4. The maximum Gasteiger partial charge on any atom is 0.310 e. The molecule has 7 aromatic carbocycles. The second-order valence-electron chi connectivity index (χ2n) is 27.6. The molecule has 95 heavy (non-hydrogen) atoms. The van der Waals surface area contributed by atoms with Crippen LogP contribution in [0.25, 0.3) is 0 Å². The summed E-state index contributed by atoms with van der Waals surface area (Å²) in [6.07, 6.45) is 6.48. The highest BCUT2D eigenvalue weighted by Crippen LogP contribution is 2.65. The van der Waals surface area contributed by atoms with Crippen LogP contribution in [0, 0.1) is 17.8 Å². The monoisotopic (exact) mass is 1330 g/mol. The number of likely N-dealkylation sites (tertiary alicyclic amines) is 1. The molecule has 14 nitrogen and oxygen atoms in total. The van der Waals surface area contributed by atoms with Crippen molar-refractivity contribution in [3.05, 3.63) is 209 Å². The number of phenolic OH excluding ortho intramolecular Hbond substituents is 2. The molecule has 9 atom stereocenters. The molecule has 6 N–H and O–H groups in total. The number of primary amides is 1. The minimum atomic E-state index is -1.36. The van der Waals surface area contributed by atoms with E-state index in [4.69, 9.17) is 15.6 Å². The van der Waals surface area contributed by atoms with E-state index in [9.17, 15) is 33.9 Å². The summed E-state index contributed by atoms with van der Waals surface area (Å²) in [6, 6.07) is 56.1. The van der Waals surface area contributed by atoms with E-state index in [0.717, 1.165) is 85.6 Å². The first-order valence-electron chi connectivity index (χ1n) is 33.8. The number of nitrogens with zero attached hydrogens (tertiary/aromatic N) is 4. The third kappa shape index (κ3) is 16.9. The predicted octanol–water partition coefficient (Wildman–Crippen LogP) is 13.9. The van der Waals surface area contributed by atoms with Crippen LogP contribution in [0.15, 0.2) is 180 Å². The summed E-state index contributed by atoms with van der Waals surface area (Å²) >= 11 is 1.87. The Bertz CT molecular complexity index is 3650. The van der Waals surface area contributed by atoms with Crippen LogP contribution >= 0.6 is 11.8 Å². The van der Waals surface area contributed by atoms with Crippen molar-refractivity contribution in [3.63, 3.8) is 0 Å². The Labute approximate surface area is 570 Å². The second kappa shape index (κ2) is 32.2.